The minimum atomic E-state index is -0.108. The average Bonchev–Trinajstić information content (AvgIpc) is 2.52. The smallest absolute Gasteiger partial charge is 0.128 e. The van der Waals surface area contributed by atoms with Crippen molar-refractivity contribution in [3.8, 4) is 17.2 Å². The molecule has 0 aliphatic carbocycles. The fraction of sp³-hybridized carbons (Fsp3) is 0.294. The lowest BCUT2D eigenvalue weighted by molar-refractivity contribution is 0.290. The molecule has 0 fully saturated rings. The molecule has 0 saturated heterocycles. The molecule has 1 atom stereocenters. The summed E-state index contributed by atoms with van der Waals surface area (Å²) in [6.07, 6.45) is 0. The monoisotopic (exact) mass is 287 g/mol. The van der Waals surface area contributed by atoms with Crippen LogP contribution >= 0.6 is 0 Å². The van der Waals surface area contributed by atoms with Gasteiger partial charge in [-0.25, -0.2) is 0 Å². The van der Waals surface area contributed by atoms with Crippen LogP contribution in [-0.2, 0) is 6.61 Å². The molecule has 0 radical (unpaired) electrons. The van der Waals surface area contributed by atoms with Gasteiger partial charge in [0.05, 0.1) is 14.2 Å². The summed E-state index contributed by atoms with van der Waals surface area (Å²) >= 11 is 0. The van der Waals surface area contributed by atoms with Crippen molar-refractivity contribution in [1.29, 1.82) is 0 Å². The summed E-state index contributed by atoms with van der Waals surface area (Å²) in [5.74, 6) is 2.28. The van der Waals surface area contributed by atoms with Gasteiger partial charge < -0.3 is 19.9 Å². The molecular formula is C17H21NO3. The van der Waals surface area contributed by atoms with E-state index < -0.39 is 0 Å². The molecule has 0 saturated carbocycles. The minimum absolute atomic E-state index is 0.108. The van der Waals surface area contributed by atoms with Crippen molar-refractivity contribution in [3.05, 3.63) is 53.6 Å². The van der Waals surface area contributed by atoms with Crippen LogP contribution in [0, 0.1) is 0 Å². The van der Waals surface area contributed by atoms with Gasteiger partial charge >= 0.3 is 0 Å². The number of ether oxygens (including phenoxy) is 3. The highest BCUT2D eigenvalue weighted by Gasteiger charge is 2.11. The topological polar surface area (TPSA) is 53.7 Å². The number of benzene rings is 2. The Bertz CT molecular complexity index is 596. The third-order valence-electron chi connectivity index (χ3n) is 3.29. The lowest BCUT2D eigenvalue weighted by Gasteiger charge is -2.16. The van der Waals surface area contributed by atoms with Crippen LogP contribution in [-0.4, -0.2) is 14.2 Å². The van der Waals surface area contributed by atoms with E-state index in [2.05, 4.69) is 0 Å². The molecule has 0 heterocycles. The molecule has 0 spiro atoms. The fourth-order valence-corrected chi connectivity index (χ4v) is 2.12. The van der Waals surface area contributed by atoms with E-state index in [1.807, 2.05) is 49.4 Å². The van der Waals surface area contributed by atoms with Gasteiger partial charge in [-0.3, -0.25) is 0 Å². The predicted octanol–water partition coefficient (Wildman–Crippen LogP) is 3.30. The molecule has 4 nitrogen and oxygen atoms in total. The molecule has 0 aliphatic rings. The van der Waals surface area contributed by atoms with Crippen LogP contribution < -0.4 is 19.9 Å². The predicted molar refractivity (Wildman–Crippen MR) is 82.9 cm³/mol. The van der Waals surface area contributed by atoms with Gasteiger partial charge in [-0.1, -0.05) is 24.3 Å². The highest BCUT2D eigenvalue weighted by molar-refractivity contribution is 5.42. The molecule has 0 aromatic heterocycles. The summed E-state index contributed by atoms with van der Waals surface area (Å²) in [7, 11) is 3.28. The van der Waals surface area contributed by atoms with Gasteiger partial charge in [-0.2, -0.15) is 0 Å². The van der Waals surface area contributed by atoms with Crippen molar-refractivity contribution in [1.82, 2.24) is 0 Å². The molecule has 21 heavy (non-hydrogen) atoms. The van der Waals surface area contributed by atoms with Crippen LogP contribution in [0.25, 0.3) is 0 Å². The Morgan fingerprint density at radius 3 is 2.43 bits per heavy atom. The van der Waals surface area contributed by atoms with Crippen LogP contribution in [0.5, 0.6) is 17.2 Å². The number of para-hydroxylation sites is 1. The molecule has 0 amide bonds. The largest absolute Gasteiger partial charge is 0.497 e. The Balaban J connectivity index is 2.22. The van der Waals surface area contributed by atoms with Gasteiger partial charge in [0.1, 0.15) is 23.9 Å². The van der Waals surface area contributed by atoms with Gasteiger partial charge in [0.25, 0.3) is 0 Å². The molecular weight excluding hydrogens is 266 g/mol. The number of nitrogens with two attached hydrogens (primary N) is 1. The van der Waals surface area contributed by atoms with Crippen LogP contribution in [0.1, 0.15) is 24.1 Å². The van der Waals surface area contributed by atoms with Crippen molar-refractivity contribution in [2.75, 3.05) is 14.2 Å². The van der Waals surface area contributed by atoms with Gasteiger partial charge in [-0.05, 0) is 19.1 Å². The lowest BCUT2D eigenvalue weighted by atomic mass is 10.1. The van der Waals surface area contributed by atoms with Crippen LogP contribution in [0.2, 0.25) is 0 Å². The number of hydrogen-bond donors (Lipinski definition) is 1. The van der Waals surface area contributed by atoms with Crippen molar-refractivity contribution in [2.45, 2.75) is 19.6 Å². The minimum Gasteiger partial charge on any atom is -0.497 e. The Hall–Kier alpha value is -2.20. The zero-order chi connectivity index (χ0) is 15.2. The number of rotatable bonds is 6. The first-order valence-electron chi connectivity index (χ1n) is 6.84. The van der Waals surface area contributed by atoms with Crippen LogP contribution in [0.3, 0.4) is 0 Å². The highest BCUT2D eigenvalue weighted by Crippen LogP contribution is 2.30. The molecule has 2 rings (SSSR count). The highest BCUT2D eigenvalue weighted by atomic mass is 16.5. The molecule has 2 aromatic carbocycles. The average molecular weight is 287 g/mol. The maximum atomic E-state index is 5.99. The van der Waals surface area contributed by atoms with Crippen LogP contribution in [0.4, 0.5) is 0 Å². The number of hydrogen-bond acceptors (Lipinski definition) is 4. The van der Waals surface area contributed by atoms with E-state index in [0.717, 1.165) is 28.4 Å². The summed E-state index contributed by atoms with van der Waals surface area (Å²) in [6.45, 7) is 2.34. The van der Waals surface area contributed by atoms with E-state index >= 15 is 0 Å². The van der Waals surface area contributed by atoms with Gasteiger partial charge in [-0.15, -0.1) is 0 Å². The second kappa shape index (κ2) is 6.99. The molecule has 0 aliphatic heterocycles. The standard InChI is InChI=1S/C17H21NO3/c1-12(18)15-9-8-14(19-2)10-17(15)21-11-13-6-4-5-7-16(13)20-3/h4-10,12H,11,18H2,1-3H3/t12-/m0/s1. The third-order valence-corrected chi connectivity index (χ3v) is 3.29. The normalized spacial score (nSPS) is 11.8. The van der Waals surface area contributed by atoms with Gasteiger partial charge in [0, 0.05) is 23.2 Å². The zero-order valence-corrected chi connectivity index (χ0v) is 12.6. The van der Waals surface area contributed by atoms with E-state index in [-0.39, 0.29) is 6.04 Å². The van der Waals surface area contributed by atoms with E-state index in [1.165, 1.54) is 0 Å². The third kappa shape index (κ3) is 3.67. The molecule has 112 valence electrons. The van der Waals surface area contributed by atoms with E-state index in [1.54, 1.807) is 14.2 Å². The Morgan fingerprint density at radius 1 is 1.00 bits per heavy atom. The first-order chi connectivity index (χ1) is 10.2. The second-order valence-corrected chi connectivity index (χ2v) is 4.79. The Morgan fingerprint density at radius 2 is 1.76 bits per heavy atom. The van der Waals surface area contributed by atoms with E-state index in [0.29, 0.717) is 6.61 Å². The summed E-state index contributed by atoms with van der Waals surface area (Å²) in [5.41, 5.74) is 7.92. The number of methoxy groups -OCH3 is 2. The van der Waals surface area contributed by atoms with Gasteiger partial charge in [0.15, 0.2) is 0 Å². The summed E-state index contributed by atoms with van der Waals surface area (Å²) in [5, 5.41) is 0. The fourth-order valence-electron chi connectivity index (χ4n) is 2.12. The van der Waals surface area contributed by atoms with Crippen molar-refractivity contribution in [3.63, 3.8) is 0 Å². The van der Waals surface area contributed by atoms with Crippen molar-refractivity contribution >= 4 is 0 Å². The molecule has 0 bridgehead atoms. The lowest BCUT2D eigenvalue weighted by Crippen LogP contribution is -2.08. The first-order valence-corrected chi connectivity index (χ1v) is 6.84. The molecule has 2 aromatic rings. The zero-order valence-electron chi connectivity index (χ0n) is 12.6. The maximum absolute atomic E-state index is 5.99. The van der Waals surface area contributed by atoms with Crippen LogP contribution in [0.15, 0.2) is 42.5 Å². The molecule has 0 unspecified atom stereocenters. The second-order valence-electron chi connectivity index (χ2n) is 4.79. The Kier molecular flexibility index (Phi) is 5.06. The quantitative estimate of drug-likeness (QED) is 0.885. The van der Waals surface area contributed by atoms with E-state index in [9.17, 15) is 0 Å². The van der Waals surface area contributed by atoms with Crippen molar-refractivity contribution in [2.24, 2.45) is 5.73 Å². The van der Waals surface area contributed by atoms with Gasteiger partial charge in [0.2, 0.25) is 0 Å². The summed E-state index contributed by atoms with van der Waals surface area (Å²) in [4.78, 5) is 0. The summed E-state index contributed by atoms with van der Waals surface area (Å²) < 4.78 is 16.5. The van der Waals surface area contributed by atoms with E-state index in [4.69, 9.17) is 19.9 Å². The SMILES string of the molecule is COc1ccc([C@H](C)N)c(OCc2ccccc2OC)c1. The van der Waals surface area contributed by atoms with Crippen molar-refractivity contribution < 1.29 is 14.2 Å². The molecule has 4 heteroatoms. The molecule has 2 N–H and O–H groups in total. The first kappa shape index (κ1) is 15.2. The Labute approximate surface area is 125 Å². The maximum Gasteiger partial charge on any atom is 0.128 e. The summed E-state index contributed by atoms with van der Waals surface area (Å²) in [6, 6.07) is 13.3.